The number of aliphatic imine (C=N–C) groups is 1. The molecule has 2 aromatic rings. The van der Waals surface area contributed by atoms with Gasteiger partial charge >= 0.3 is 0 Å². The first-order valence-electron chi connectivity index (χ1n) is 7.10. The van der Waals surface area contributed by atoms with Gasteiger partial charge in [0, 0.05) is 34.7 Å². The molecule has 0 saturated heterocycles. The van der Waals surface area contributed by atoms with Gasteiger partial charge in [-0.3, -0.25) is 4.99 Å². The lowest BCUT2D eigenvalue weighted by molar-refractivity contribution is 0.301. The van der Waals surface area contributed by atoms with Crippen LogP contribution in [0, 0.1) is 6.92 Å². The molecule has 0 spiro atoms. The van der Waals surface area contributed by atoms with Gasteiger partial charge in [-0.15, -0.1) is 11.3 Å². The normalized spacial score (nSPS) is 17.8. The number of hydrogen-bond donors (Lipinski definition) is 1. The number of nitrogens with zero attached hydrogens (tertiary/aromatic N) is 2. The molecule has 0 unspecified atom stereocenters. The number of aliphatic hydroxyl groups is 1. The quantitative estimate of drug-likeness (QED) is 0.938. The summed E-state index contributed by atoms with van der Waals surface area (Å²) in [4.78, 5) is 8.12. The van der Waals surface area contributed by atoms with E-state index in [9.17, 15) is 5.11 Å². The summed E-state index contributed by atoms with van der Waals surface area (Å²) in [7, 11) is 0. The number of amidine groups is 1. The molecule has 0 bridgehead atoms. The molecule has 5 heteroatoms. The summed E-state index contributed by atoms with van der Waals surface area (Å²) in [6.07, 6.45) is 0.705. The van der Waals surface area contributed by atoms with Gasteiger partial charge in [0.05, 0.1) is 12.2 Å². The fourth-order valence-electron chi connectivity index (χ4n) is 3.01. The second-order valence-electron chi connectivity index (χ2n) is 5.29. The van der Waals surface area contributed by atoms with E-state index >= 15 is 0 Å². The van der Waals surface area contributed by atoms with Crippen molar-refractivity contribution < 1.29 is 5.11 Å². The zero-order valence-corrected chi connectivity index (χ0v) is 13.4. The highest BCUT2D eigenvalue weighted by Gasteiger charge is 2.32. The van der Waals surface area contributed by atoms with Gasteiger partial charge in [0.2, 0.25) is 0 Å². The van der Waals surface area contributed by atoms with Crippen LogP contribution >= 0.6 is 23.1 Å². The van der Waals surface area contributed by atoms with Crippen molar-refractivity contribution in [3.63, 3.8) is 0 Å². The van der Waals surface area contributed by atoms with Crippen LogP contribution in [-0.2, 0) is 0 Å². The van der Waals surface area contributed by atoms with Crippen molar-refractivity contribution in [2.45, 2.75) is 13.3 Å². The summed E-state index contributed by atoms with van der Waals surface area (Å²) in [5.74, 6) is 0. The third-order valence-corrected chi connectivity index (χ3v) is 5.98. The van der Waals surface area contributed by atoms with Crippen molar-refractivity contribution in [1.29, 1.82) is 0 Å². The maximum Gasteiger partial charge on any atom is 0.168 e. The highest BCUT2D eigenvalue weighted by Crippen LogP contribution is 2.44. The Labute approximate surface area is 132 Å². The summed E-state index contributed by atoms with van der Waals surface area (Å²) >= 11 is 3.51. The van der Waals surface area contributed by atoms with E-state index in [-0.39, 0.29) is 6.61 Å². The molecule has 2 aliphatic rings. The molecule has 1 aromatic carbocycles. The van der Waals surface area contributed by atoms with Gasteiger partial charge in [-0.1, -0.05) is 11.8 Å². The molecule has 3 heterocycles. The van der Waals surface area contributed by atoms with Gasteiger partial charge in [-0.25, -0.2) is 0 Å². The lowest BCUT2D eigenvalue weighted by Gasteiger charge is -2.18. The fourth-order valence-corrected chi connectivity index (χ4v) is 5.10. The predicted octanol–water partition coefficient (Wildman–Crippen LogP) is 3.68. The maximum atomic E-state index is 9.34. The average Bonchev–Trinajstić information content (AvgIpc) is 3.13. The van der Waals surface area contributed by atoms with Gasteiger partial charge < -0.3 is 10.0 Å². The zero-order chi connectivity index (χ0) is 14.4. The van der Waals surface area contributed by atoms with Gasteiger partial charge in [-0.2, -0.15) is 0 Å². The molecule has 1 aromatic heterocycles. The molecule has 2 aliphatic heterocycles. The first kappa shape index (κ1) is 13.4. The van der Waals surface area contributed by atoms with Crippen LogP contribution in [0.25, 0.3) is 15.8 Å². The van der Waals surface area contributed by atoms with Crippen molar-refractivity contribution in [3.05, 3.63) is 39.6 Å². The molecule has 0 amide bonds. The summed E-state index contributed by atoms with van der Waals surface area (Å²) in [5.41, 5.74) is 3.82. The van der Waals surface area contributed by atoms with E-state index in [0.29, 0.717) is 6.42 Å². The summed E-state index contributed by atoms with van der Waals surface area (Å²) in [6, 6.07) is 6.74. The number of aliphatic hydroxyl groups excluding tert-OH is 1. The topological polar surface area (TPSA) is 35.8 Å². The SMILES string of the molecule is Cc1cc(C2=C(CCO)SC3=NCCN32)cc2sccc12. The van der Waals surface area contributed by atoms with E-state index < -0.39 is 0 Å². The van der Waals surface area contributed by atoms with Crippen molar-refractivity contribution in [1.82, 2.24) is 4.90 Å². The van der Waals surface area contributed by atoms with Crippen LogP contribution in [0.15, 0.2) is 33.5 Å². The van der Waals surface area contributed by atoms with E-state index in [1.807, 2.05) is 0 Å². The molecule has 0 atom stereocenters. The predicted molar refractivity (Wildman–Crippen MR) is 91.8 cm³/mol. The Kier molecular flexibility index (Phi) is 3.28. The van der Waals surface area contributed by atoms with Gasteiger partial charge in [0.25, 0.3) is 0 Å². The van der Waals surface area contributed by atoms with Crippen LogP contribution in [-0.4, -0.2) is 34.9 Å². The molecule has 0 saturated carbocycles. The zero-order valence-electron chi connectivity index (χ0n) is 11.8. The number of thiophene rings is 1. The van der Waals surface area contributed by atoms with Gasteiger partial charge in [0.1, 0.15) is 0 Å². The molecule has 3 nitrogen and oxygen atoms in total. The Morgan fingerprint density at radius 3 is 3.14 bits per heavy atom. The highest BCUT2D eigenvalue weighted by molar-refractivity contribution is 8.17. The number of hydrogen-bond acceptors (Lipinski definition) is 5. The first-order valence-corrected chi connectivity index (χ1v) is 8.79. The molecule has 4 rings (SSSR count). The lowest BCUT2D eigenvalue weighted by atomic mass is 10.0. The van der Waals surface area contributed by atoms with Crippen molar-refractivity contribution in [2.75, 3.05) is 19.7 Å². The van der Waals surface area contributed by atoms with Crippen molar-refractivity contribution >= 4 is 44.0 Å². The fraction of sp³-hybridized carbons (Fsp3) is 0.312. The third kappa shape index (κ3) is 2.11. The Hall–Kier alpha value is -1.30. The number of thioether (sulfide) groups is 1. The van der Waals surface area contributed by atoms with Crippen LogP contribution in [0.3, 0.4) is 0 Å². The molecule has 0 radical (unpaired) electrons. The average molecular weight is 316 g/mol. The van der Waals surface area contributed by atoms with Crippen LogP contribution < -0.4 is 0 Å². The Morgan fingerprint density at radius 2 is 2.29 bits per heavy atom. The smallest absolute Gasteiger partial charge is 0.168 e. The Morgan fingerprint density at radius 1 is 1.38 bits per heavy atom. The highest BCUT2D eigenvalue weighted by atomic mass is 32.2. The molecule has 21 heavy (non-hydrogen) atoms. The number of rotatable bonds is 3. The minimum Gasteiger partial charge on any atom is -0.396 e. The van der Waals surface area contributed by atoms with Gasteiger partial charge in [-0.05, 0) is 41.5 Å². The Bertz CT molecular complexity index is 776. The van der Waals surface area contributed by atoms with E-state index in [0.717, 1.165) is 18.3 Å². The maximum absolute atomic E-state index is 9.34. The summed E-state index contributed by atoms with van der Waals surface area (Å²) in [6.45, 7) is 4.19. The van der Waals surface area contributed by atoms with E-state index in [1.54, 1.807) is 23.1 Å². The van der Waals surface area contributed by atoms with Crippen LogP contribution in [0.1, 0.15) is 17.5 Å². The molecule has 108 valence electrons. The molecule has 0 fully saturated rings. The van der Waals surface area contributed by atoms with E-state index in [2.05, 4.69) is 40.4 Å². The lowest BCUT2D eigenvalue weighted by Crippen LogP contribution is -2.20. The summed E-state index contributed by atoms with van der Waals surface area (Å²) < 4.78 is 1.33. The van der Waals surface area contributed by atoms with E-state index in [1.165, 1.54) is 31.8 Å². The number of benzene rings is 1. The molecular weight excluding hydrogens is 300 g/mol. The van der Waals surface area contributed by atoms with Crippen LogP contribution in [0.4, 0.5) is 0 Å². The van der Waals surface area contributed by atoms with Gasteiger partial charge in [0.15, 0.2) is 5.17 Å². The van der Waals surface area contributed by atoms with Crippen LogP contribution in [0.5, 0.6) is 0 Å². The van der Waals surface area contributed by atoms with E-state index in [4.69, 9.17) is 0 Å². The standard InChI is InChI=1S/C16H16N2OS2/c1-10-8-11(9-14-12(10)3-7-20-14)15-13(2-6-19)21-16-17-4-5-18(15)16/h3,7-9,19H,2,4-6H2,1H3. The minimum atomic E-state index is 0.188. The summed E-state index contributed by atoms with van der Waals surface area (Å²) in [5, 5.41) is 13.9. The van der Waals surface area contributed by atoms with Crippen molar-refractivity contribution in [2.24, 2.45) is 4.99 Å². The monoisotopic (exact) mass is 316 g/mol. The number of aryl methyl sites for hydroxylation is 1. The molecule has 1 N–H and O–H groups in total. The minimum absolute atomic E-state index is 0.188. The van der Waals surface area contributed by atoms with Crippen molar-refractivity contribution in [3.8, 4) is 0 Å². The second-order valence-corrected chi connectivity index (χ2v) is 7.30. The third-order valence-electron chi connectivity index (χ3n) is 3.94. The largest absolute Gasteiger partial charge is 0.396 e. The van der Waals surface area contributed by atoms with Crippen LogP contribution in [0.2, 0.25) is 0 Å². The number of fused-ring (bicyclic) bond motifs is 2. The molecular formula is C16H16N2OS2. The Balaban J connectivity index is 1.87. The first-order chi connectivity index (χ1) is 10.3. The molecule has 0 aliphatic carbocycles. The second kappa shape index (κ2) is 5.16.